The van der Waals surface area contributed by atoms with Crippen LogP contribution in [0.3, 0.4) is 0 Å². The number of hydrogen-bond acceptors (Lipinski definition) is 5. The molecule has 0 spiro atoms. The molecule has 0 atom stereocenters. The van der Waals surface area contributed by atoms with Gasteiger partial charge in [-0.05, 0) is 23.8 Å². The Hall–Kier alpha value is -0.714. The molecule has 6 nitrogen and oxygen atoms in total. The molecule has 0 saturated carbocycles. The van der Waals surface area contributed by atoms with Crippen LogP contribution in [0.25, 0.3) is 22.2 Å². The van der Waals surface area contributed by atoms with Gasteiger partial charge in [0.25, 0.3) is 10.4 Å². The largest absolute Gasteiger partial charge is 1.00 e. The summed E-state index contributed by atoms with van der Waals surface area (Å²) in [4.78, 5) is 0. The fourth-order valence-corrected chi connectivity index (χ4v) is 3.59. The van der Waals surface area contributed by atoms with Crippen LogP contribution in [0.5, 0.6) is 0 Å². The fraction of sp³-hybridized carbons (Fsp3) is 0.118. The molecule has 0 bridgehead atoms. The minimum absolute atomic E-state index is 0. The SMILES string of the molecule is O=S(=O)([O-])O/N=C1/CCn2c(-c3ccccc3)cc3c(Cl)ccc1c32.[K+]. The van der Waals surface area contributed by atoms with Crippen LogP contribution in [0.2, 0.25) is 5.02 Å². The van der Waals surface area contributed by atoms with Crippen LogP contribution in [-0.2, 0) is 21.2 Å². The van der Waals surface area contributed by atoms with Crippen LogP contribution in [0.15, 0.2) is 53.7 Å². The molecule has 0 amide bonds. The van der Waals surface area contributed by atoms with Gasteiger partial charge < -0.3 is 9.12 Å². The first-order valence-electron chi connectivity index (χ1n) is 7.53. The minimum atomic E-state index is -4.89. The summed E-state index contributed by atoms with van der Waals surface area (Å²) in [5, 5.41) is 4.98. The van der Waals surface area contributed by atoms with Crippen LogP contribution in [0.1, 0.15) is 12.0 Å². The topological polar surface area (TPSA) is 83.7 Å². The quantitative estimate of drug-likeness (QED) is 0.271. The fourth-order valence-electron chi connectivity index (χ4n) is 3.20. The average Bonchev–Trinajstić information content (AvgIpc) is 2.98. The Morgan fingerprint density at radius 3 is 2.58 bits per heavy atom. The van der Waals surface area contributed by atoms with Crippen LogP contribution in [0.4, 0.5) is 0 Å². The third-order valence-corrected chi connectivity index (χ3v) is 4.78. The van der Waals surface area contributed by atoms with Crippen molar-refractivity contribution < 1.29 is 68.6 Å². The first-order valence-corrected chi connectivity index (χ1v) is 9.24. The Morgan fingerprint density at radius 1 is 1.15 bits per heavy atom. The molecular formula is C17H12ClKN2O4S. The van der Waals surface area contributed by atoms with Crippen molar-refractivity contribution in [3.8, 4) is 11.3 Å². The number of benzene rings is 2. The molecule has 0 aliphatic carbocycles. The first-order chi connectivity index (χ1) is 11.9. The summed E-state index contributed by atoms with van der Waals surface area (Å²) in [5.74, 6) is 0. The summed E-state index contributed by atoms with van der Waals surface area (Å²) >= 11 is 6.35. The van der Waals surface area contributed by atoms with Gasteiger partial charge in [0.15, 0.2) is 0 Å². The maximum atomic E-state index is 10.7. The van der Waals surface area contributed by atoms with Crippen molar-refractivity contribution in [1.29, 1.82) is 0 Å². The van der Waals surface area contributed by atoms with Crippen molar-refractivity contribution in [3.05, 3.63) is 59.1 Å². The monoisotopic (exact) mass is 414 g/mol. The molecule has 2 aromatic carbocycles. The Bertz CT molecular complexity index is 1110. The van der Waals surface area contributed by atoms with E-state index >= 15 is 0 Å². The third-order valence-electron chi connectivity index (χ3n) is 4.20. The van der Waals surface area contributed by atoms with Crippen LogP contribution < -0.4 is 51.4 Å². The number of rotatable bonds is 3. The number of aryl methyl sites for hydroxylation is 1. The molecule has 1 aliphatic rings. The van der Waals surface area contributed by atoms with Gasteiger partial charge in [0.05, 0.1) is 16.3 Å². The summed E-state index contributed by atoms with van der Waals surface area (Å²) < 4.78 is 38.3. The van der Waals surface area contributed by atoms with E-state index in [2.05, 4.69) is 14.0 Å². The second-order valence-corrected chi connectivity index (χ2v) is 7.05. The number of aromatic nitrogens is 1. The Balaban J connectivity index is 0.00000196. The minimum Gasteiger partial charge on any atom is -0.714 e. The zero-order chi connectivity index (χ0) is 17.6. The van der Waals surface area contributed by atoms with Gasteiger partial charge in [-0.25, -0.2) is 0 Å². The second kappa shape index (κ2) is 7.73. The molecule has 1 aromatic heterocycles. The smallest absolute Gasteiger partial charge is 0.714 e. The number of nitrogens with zero attached hydrogens (tertiary/aromatic N) is 2. The van der Waals surface area contributed by atoms with E-state index in [9.17, 15) is 13.0 Å². The molecule has 26 heavy (non-hydrogen) atoms. The van der Waals surface area contributed by atoms with E-state index < -0.39 is 10.4 Å². The van der Waals surface area contributed by atoms with E-state index in [4.69, 9.17) is 11.6 Å². The standard InChI is InChI=1S/C17H13ClN2O4S.K/c18-14-7-6-12-15(19-24-25(21,22)23)8-9-20-16(10-13(14)17(12)20)11-4-2-1-3-5-11;/h1-7,10H,8-9H2,(H,21,22,23);/q;+1/p-1/b19-15-;. The van der Waals surface area contributed by atoms with E-state index in [1.807, 2.05) is 36.4 Å². The zero-order valence-electron chi connectivity index (χ0n) is 13.8. The molecule has 0 radical (unpaired) electrons. The molecular weight excluding hydrogens is 403 g/mol. The molecule has 0 saturated heterocycles. The van der Waals surface area contributed by atoms with Gasteiger partial charge in [-0.3, -0.25) is 4.28 Å². The zero-order valence-corrected chi connectivity index (χ0v) is 18.5. The summed E-state index contributed by atoms with van der Waals surface area (Å²) in [6, 6.07) is 15.4. The summed E-state index contributed by atoms with van der Waals surface area (Å²) in [5.41, 5.74) is 4.03. The molecule has 0 unspecified atom stereocenters. The van der Waals surface area contributed by atoms with E-state index in [1.54, 1.807) is 12.1 Å². The van der Waals surface area contributed by atoms with E-state index in [0.29, 0.717) is 29.3 Å². The van der Waals surface area contributed by atoms with Crippen LogP contribution >= 0.6 is 11.6 Å². The van der Waals surface area contributed by atoms with Crippen molar-refractivity contribution >= 4 is 38.6 Å². The normalized spacial score (nSPS) is 15.1. The number of oxime groups is 1. The average molecular weight is 415 g/mol. The molecule has 3 aromatic rings. The Labute approximate surface area is 198 Å². The first kappa shape index (κ1) is 20.0. The van der Waals surface area contributed by atoms with Gasteiger partial charge in [0.1, 0.15) is 0 Å². The predicted octanol–water partition coefficient (Wildman–Crippen LogP) is 0.550. The molecule has 0 N–H and O–H groups in total. The van der Waals surface area contributed by atoms with Gasteiger partial charge in [0.2, 0.25) is 0 Å². The second-order valence-electron chi connectivity index (χ2n) is 5.68. The van der Waals surface area contributed by atoms with Gasteiger partial charge in [-0.2, -0.15) is 8.42 Å². The van der Waals surface area contributed by atoms with Crippen molar-refractivity contribution in [2.75, 3.05) is 0 Å². The molecule has 1 aliphatic heterocycles. The van der Waals surface area contributed by atoms with E-state index in [0.717, 1.165) is 22.2 Å². The predicted molar refractivity (Wildman–Crippen MR) is 94.3 cm³/mol. The maximum absolute atomic E-state index is 10.7. The maximum Gasteiger partial charge on any atom is 1.00 e. The van der Waals surface area contributed by atoms with Crippen LogP contribution in [-0.4, -0.2) is 23.2 Å². The molecule has 0 fully saturated rings. The Morgan fingerprint density at radius 2 is 1.88 bits per heavy atom. The summed E-state index contributed by atoms with van der Waals surface area (Å²) in [7, 11) is -4.89. The molecule has 128 valence electrons. The van der Waals surface area contributed by atoms with Crippen molar-refractivity contribution in [1.82, 2.24) is 4.57 Å². The number of hydrogen-bond donors (Lipinski definition) is 0. The van der Waals surface area contributed by atoms with Gasteiger partial charge >= 0.3 is 51.4 Å². The Kier molecular flexibility index (Phi) is 5.95. The summed E-state index contributed by atoms with van der Waals surface area (Å²) in [6.45, 7) is 0.572. The molecule has 4 rings (SSSR count). The van der Waals surface area contributed by atoms with Crippen molar-refractivity contribution in [2.45, 2.75) is 13.0 Å². The van der Waals surface area contributed by atoms with Crippen molar-refractivity contribution in [2.24, 2.45) is 5.16 Å². The third kappa shape index (κ3) is 3.78. The molecule has 9 heteroatoms. The van der Waals surface area contributed by atoms with Crippen molar-refractivity contribution in [3.63, 3.8) is 0 Å². The molecule has 2 heterocycles. The van der Waals surface area contributed by atoms with Crippen LogP contribution in [0, 0.1) is 0 Å². The van der Waals surface area contributed by atoms with Gasteiger partial charge in [0, 0.05) is 29.6 Å². The van der Waals surface area contributed by atoms with E-state index in [-0.39, 0.29) is 51.4 Å². The van der Waals surface area contributed by atoms with Gasteiger partial charge in [-0.1, -0.05) is 47.1 Å². The number of halogens is 1. The summed E-state index contributed by atoms with van der Waals surface area (Å²) in [6.07, 6.45) is 0.438. The van der Waals surface area contributed by atoms with E-state index in [1.165, 1.54) is 0 Å². The van der Waals surface area contributed by atoms with Gasteiger partial charge in [-0.15, -0.1) is 0 Å².